The highest BCUT2D eigenvalue weighted by molar-refractivity contribution is 5.70. The molecule has 0 radical (unpaired) electrons. The molecule has 0 bridgehead atoms. The zero-order valence-electron chi connectivity index (χ0n) is 9.60. The molecular formula is C10H22NO2+. The highest BCUT2D eigenvalue weighted by atomic mass is 16.6. The summed E-state index contributed by atoms with van der Waals surface area (Å²) in [5, 5.41) is 1.97. The minimum Gasteiger partial charge on any atom is -0.456 e. The Balaban J connectivity index is 3.78. The van der Waals surface area contributed by atoms with Crippen LogP contribution in [0.2, 0.25) is 0 Å². The summed E-state index contributed by atoms with van der Waals surface area (Å²) < 4.78 is 5.16. The Morgan fingerprint density at radius 2 is 1.62 bits per heavy atom. The average molecular weight is 188 g/mol. The zero-order chi connectivity index (χ0) is 10.7. The van der Waals surface area contributed by atoms with Crippen LogP contribution < -0.4 is 5.32 Å². The monoisotopic (exact) mass is 188 g/mol. The Labute approximate surface area is 80.8 Å². The van der Waals surface area contributed by atoms with Gasteiger partial charge in [-0.15, -0.1) is 0 Å². The third-order valence-corrected chi connectivity index (χ3v) is 1.30. The number of nitrogens with two attached hydrogens (primary N) is 1. The molecule has 0 fully saturated rings. The first-order chi connectivity index (χ1) is 5.60. The van der Waals surface area contributed by atoms with Crippen molar-refractivity contribution in [2.24, 2.45) is 0 Å². The Kier molecular flexibility index (Phi) is 3.91. The molecule has 0 aliphatic heterocycles. The molecule has 0 amide bonds. The minimum absolute atomic E-state index is 0.0803. The van der Waals surface area contributed by atoms with Crippen molar-refractivity contribution in [3.05, 3.63) is 0 Å². The SMILES string of the molecule is CC(C)(C)[NH2+]CC(=O)OC(C)(C)C. The fraction of sp³-hybridized carbons (Fsp3) is 0.900. The molecule has 0 spiro atoms. The maximum absolute atomic E-state index is 11.3. The Morgan fingerprint density at radius 1 is 1.15 bits per heavy atom. The molecule has 78 valence electrons. The predicted octanol–water partition coefficient (Wildman–Crippen LogP) is 0.690. The van der Waals surface area contributed by atoms with Crippen molar-refractivity contribution < 1.29 is 14.8 Å². The van der Waals surface area contributed by atoms with E-state index in [2.05, 4.69) is 20.8 Å². The Bertz CT molecular complexity index is 174. The lowest BCUT2D eigenvalue weighted by Crippen LogP contribution is -2.95. The molecule has 2 N–H and O–H groups in total. The van der Waals surface area contributed by atoms with Crippen LogP contribution in [-0.4, -0.2) is 23.7 Å². The van der Waals surface area contributed by atoms with Crippen LogP contribution in [0, 0.1) is 0 Å². The van der Waals surface area contributed by atoms with Gasteiger partial charge in [0.25, 0.3) is 0 Å². The topological polar surface area (TPSA) is 42.9 Å². The van der Waals surface area contributed by atoms with Crippen molar-refractivity contribution >= 4 is 5.97 Å². The summed E-state index contributed by atoms with van der Waals surface area (Å²) >= 11 is 0. The quantitative estimate of drug-likeness (QED) is 0.648. The number of hydrogen-bond donors (Lipinski definition) is 1. The standard InChI is InChI=1S/C10H21NO2/c1-9(2,3)11-7-8(12)13-10(4,5)6/h11H,7H2,1-6H3/p+1. The van der Waals surface area contributed by atoms with Crippen LogP contribution in [-0.2, 0) is 9.53 Å². The summed E-state index contributed by atoms with van der Waals surface area (Å²) in [4.78, 5) is 11.3. The van der Waals surface area contributed by atoms with Gasteiger partial charge in [0.15, 0.2) is 6.54 Å². The van der Waals surface area contributed by atoms with Gasteiger partial charge < -0.3 is 10.1 Å². The number of quaternary nitrogens is 1. The predicted molar refractivity (Wildman–Crippen MR) is 52.4 cm³/mol. The lowest BCUT2D eigenvalue weighted by atomic mass is 10.1. The van der Waals surface area contributed by atoms with E-state index in [1.54, 1.807) is 0 Å². The third-order valence-electron chi connectivity index (χ3n) is 1.30. The van der Waals surface area contributed by atoms with E-state index < -0.39 is 0 Å². The molecule has 3 heteroatoms. The number of hydrogen-bond acceptors (Lipinski definition) is 2. The van der Waals surface area contributed by atoms with E-state index in [9.17, 15) is 4.79 Å². The average Bonchev–Trinajstić information content (AvgIpc) is 1.78. The van der Waals surface area contributed by atoms with E-state index in [4.69, 9.17) is 4.74 Å². The highest BCUT2D eigenvalue weighted by Gasteiger charge is 2.20. The van der Waals surface area contributed by atoms with Crippen LogP contribution in [0.25, 0.3) is 0 Å². The van der Waals surface area contributed by atoms with Gasteiger partial charge in [-0.25, -0.2) is 4.79 Å². The fourth-order valence-corrected chi connectivity index (χ4v) is 0.773. The molecule has 0 saturated carbocycles. The van der Waals surface area contributed by atoms with Gasteiger partial charge in [-0.2, -0.15) is 0 Å². The summed E-state index contributed by atoms with van der Waals surface area (Å²) in [6.45, 7) is 12.2. The van der Waals surface area contributed by atoms with Gasteiger partial charge in [0.1, 0.15) is 5.60 Å². The van der Waals surface area contributed by atoms with Gasteiger partial charge in [0.05, 0.1) is 5.54 Å². The van der Waals surface area contributed by atoms with Crippen molar-refractivity contribution in [1.29, 1.82) is 0 Å². The Hall–Kier alpha value is -0.570. The first-order valence-corrected chi connectivity index (χ1v) is 4.66. The molecule has 13 heavy (non-hydrogen) atoms. The molecule has 0 aromatic rings. The minimum atomic E-state index is -0.372. The van der Waals surface area contributed by atoms with Crippen molar-refractivity contribution in [3.63, 3.8) is 0 Å². The lowest BCUT2D eigenvalue weighted by molar-refractivity contribution is -0.708. The molecule has 0 aromatic heterocycles. The van der Waals surface area contributed by atoms with E-state index in [0.717, 1.165) is 0 Å². The summed E-state index contributed by atoms with van der Waals surface area (Å²) in [5.74, 6) is -0.151. The van der Waals surface area contributed by atoms with Crippen molar-refractivity contribution in [3.8, 4) is 0 Å². The maximum Gasteiger partial charge on any atom is 0.362 e. The molecular weight excluding hydrogens is 166 g/mol. The Morgan fingerprint density at radius 3 is 1.92 bits per heavy atom. The van der Waals surface area contributed by atoms with Crippen LogP contribution in [0.4, 0.5) is 0 Å². The van der Waals surface area contributed by atoms with Gasteiger partial charge in [0.2, 0.25) is 0 Å². The van der Waals surface area contributed by atoms with E-state index in [0.29, 0.717) is 6.54 Å². The summed E-state index contributed by atoms with van der Waals surface area (Å²) in [6, 6.07) is 0. The number of carbonyl (C=O) groups excluding carboxylic acids is 1. The van der Waals surface area contributed by atoms with Crippen molar-refractivity contribution in [1.82, 2.24) is 0 Å². The van der Waals surface area contributed by atoms with Crippen LogP contribution in [0.15, 0.2) is 0 Å². The molecule has 0 heterocycles. The van der Waals surface area contributed by atoms with E-state index in [-0.39, 0.29) is 17.1 Å². The van der Waals surface area contributed by atoms with Gasteiger partial charge in [0, 0.05) is 0 Å². The fourth-order valence-electron chi connectivity index (χ4n) is 0.773. The second-order valence-corrected chi connectivity index (χ2v) is 5.36. The van der Waals surface area contributed by atoms with E-state index in [1.807, 2.05) is 26.1 Å². The molecule has 0 unspecified atom stereocenters. The summed E-state index contributed by atoms with van der Waals surface area (Å²) in [6.07, 6.45) is 0. The first kappa shape index (κ1) is 12.4. The maximum atomic E-state index is 11.3. The molecule has 0 atom stereocenters. The van der Waals surface area contributed by atoms with Gasteiger partial charge in [-0.3, -0.25) is 0 Å². The van der Waals surface area contributed by atoms with Gasteiger partial charge >= 0.3 is 5.97 Å². The second kappa shape index (κ2) is 4.09. The first-order valence-electron chi connectivity index (χ1n) is 4.66. The van der Waals surface area contributed by atoms with Crippen LogP contribution in [0.1, 0.15) is 41.5 Å². The van der Waals surface area contributed by atoms with E-state index >= 15 is 0 Å². The largest absolute Gasteiger partial charge is 0.456 e. The van der Waals surface area contributed by atoms with Gasteiger partial charge in [-0.1, -0.05) is 0 Å². The smallest absolute Gasteiger partial charge is 0.362 e. The molecule has 0 aromatic carbocycles. The van der Waals surface area contributed by atoms with Crippen LogP contribution >= 0.6 is 0 Å². The normalized spacial score (nSPS) is 12.8. The lowest BCUT2D eigenvalue weighted by Gasteiger charge is -2.21. The number of ether oxygens (including phenoxy) is 1. The molecule has 0 aliphatic carbocycles. The second-order valence-electron chi connectivity index (χ2n) is 5.36. The number of rotatable bonds is 2. The van der Waals surface area contributed by atoms with Crippen molar-refractivity contribution in [2.45, 2.75) is 52.7 Å². The van der Waals surface area contributed by atoms with Crippen LogP contribution in [0.5, 0.6) is 0 Å². The zero-order valence-corrected chi connectivity index (χ0v) is 9.60. The van der Waals surface area contributed by atoms with Gasteiger partial charge in [-0.05, 0) is 41.5 Å². The number of esters is 1. The summed E-state index contributed by atoms with van der Waals surface area (Å²) in [5.41, 5.74) is -0.292. The molecule has 3 nitrogen and oxygen atoms in total. The third kappa shape index (κ3) is 9.34. The van der Waals surface area contributed by atoms with Crippen molar-refractivity contribution in [2.75, 3.05) is 6.54 Å². The molecule has 0 saturated heterocycles. The molecule has 0 aliphatic rings. The van der Waals surface area contributed by atoms with Crippen LogP contribution in [0.3, 0.4) is 0 Å². The summed E-state index contributed by atoms with van der Waals surface area (Å²) in [7, 11) is 0. The number of carbonyl (C=O) groups is 1. The molecule has 0 rings (SSSR count). The highest BCUT2D eigenvalue weighted by Crippen LogP contribution is 2.05. The van der Waals surface area contributed by atoms with E-state index in [1.165, 1.54) is 0 Å².